The number of hydrogen-bond donors (Lipinski definition) is 3. The molecule has 2 amide bonds. The Balaban J connectivity index is 2.31. The van der Waals surface area contributed by atoms with Gasteiger partial charge in [-0.1, -0.05) is 12.1 Å². The van der Waals surface area contributed by atoms with Crippen LogP contribution in [0, 0.1) is 0 Å². The summed E-state index contributed by atoms with van der Waals surface area (Å²) in [5.41, 5.74) is 6.68. The molecule has 0 saturated carbocycles. The van der Waals surface area contributed by atoms with E-state index >= 15 is 0 Å². The monoisotopic (exact) mass is 263 g/mol. The van der Waals surface area contributed by atoms with Crippen LogP contribution < -0.4 is 16.4 Å². The molecule has 0 aliphatic heterocycles. The van der Waals surface area contributed by atoms with E-state index in [9.17, 15) is 9.59 Å². The standard InChI is InChI=1S/C14H21N3O2/c1-10(2)17-13(18)6-7-16-9-11-4-3-5-12(8-11)14(15)19/h3-5,8,10,16H,6-7,9H2,1-2H3,(H2,15,19)(H,17,18). The van der Waals surface area contributed by atoms with Crippen LogP contribution in [0.3, 0.4) is 0 Å². The highest BCUT2D eigenvalue weighted by Crippen LogP contribution is 2.04. The molecule has 1 rings (SSSR count). The second-order valence-corrected chi connectivity index (χ2v) is 4.71. The highest BCUT2D eigenvalue weighted by atomic mass is 16.2. The molecule has 104 valence electrons. The minimum Gasteiger partial charge on any atom is -0.366 e. The van der Waals surface area contributed by atoms with Gasteiger partial charge in [0.05, 0.1) is 0 Å². The van der Waals surface area contributed by atoms with Crippen molar-refractivity contribution in [2.75, 3.05) is 6.54 Å². The van der Waals surface area contributed by atoms with Gasteiger partial charge in [-0.2, -0.15) is 0 Å². The molecule has 1 aromatic carbocycles. The Morgan fingerprint density at radius 2 is 2.05 bits per heavy atom. The minimum absolute atomic E-state index is 0.0355. The molecule has 5 heteroatoms. The van der Waals surface area contributed by atoms with Gasteiger partial charge in [-0.3, -0.25) is 9.59 Å². The smallest absolute Gasteiger partial charge is 0.248 e. The van der Waals surface area contributed by atoms with Crippen molar-refractivity contribution in [2.45, 2.75) is 32.9 Å². The predicted molar refractivity (Wildman–Crippen MR) is 74.6 cm³/mol. The Morgan fingerprint density at radius 3 is 2.68 bits per heavy atom. The van der Waals surface area contributed by atoms with E-state index in [2.05, 4.69) is 10.6 Å². The van der Waals surface area contributed by atoms with Gasteiger partial charge in [-0.25, -0.2) is 0 Å². The summed E-state index contributed by atoms with van der Waals surface area (Å²) in [7, 11) is 0. The van der Waals surface area contributed by atoms with E-state index in [1.807, 2.05) is 19.9 Å². The second kappa shape index (κ2) is 7.53. The third-order valence-corrected chi connectivity index (χ3v) is 2.52. The molecule has 0 atom stereocenters. The third kappa shape index (κ3) is 6.01. The van der Waals surface area contributed by atoms with Crippen molar-refractivity contribution >= 4 is 11.8 Å². The molecule has 0 spiro atoms. The van der Waals surface area contributed by atoms with E-state index < -0.39 is 5.91 Å². The number of primary amides is 1. The number of hydrogen-bond acceptors (Lipinski definition) is 3. The van der Waals surface area contributed by atoms with Gasteiger partial charge in [-0.05, 0) is 31.5 Å². The topological polar surface area (TPSA) is 84.2 Å². The number of carbonyl (C=O) groups is 2. The van der Waals surface area contributed by atoms with Crippen LogP contribution in [0.15, 0.2) is 24.3 Å². The maximum atomic E-state index is 11.4. The van der Waals surface area contributed by atoms with Crippen LogP contribution in [0.25, 0.3) is 0 Å². The van der Waals surface area contributed by atoms with E-state index in [4.69, 9.17) is 5.73 Å². The molecular weight excluding hydrogens is 242 g/mol. The van der Waals surface area contributed by atoms with Crippen LogP contribution in [0.5, 0.6) is 0 Å². The Morgan fingerprint density at radius 1 is 1.32 bits per heavy atom. The molecule has 5 nitrogen and oxygen atoms in total. The van der Waals surface area contributed by atoms with Gasteiger partial charge >= 0.3 is 0 Å². The number of rotatable bonds is 7. The summed E-state index contributed by atoms with van der Waals surface area (Å²) in [6, 6.07) is 7.31. The van der Waals surface area contributed by atoms with Crippen LogP contribution in [-0.4, -0.2) is 24.4 Å². The molecule has 0 aromatic heterocycles. The van der Waals surface area contributed by atoms with Crippen molar-refractivity contribution in [3.8, 4) is 0 Å². The summed E-state index contributed by atoms with van der Waals surface area (Å²) < 4.78 is 0. The van der Waals surface area contributed by atoms with E-state index in [1.165, 1.54) is 0 Å². The van der Waals surface area contributed by atoms with Crippen molar-refractivity contribution in [2.24, 2.45) is 5.73 Å². The lowest BCUT2D eigenvalue weighted by atomic mass is 10.1. The summed E-state index contributed by atoms with van der Waals surface area (Å²) in [5, 5.41) is 5.98. The number of nitrogens with two attached hydrogens (primary N) is 1. The largest absolute Gasteiger partial charge is 0.366 e. The summed E-state index contributed by atoms with van der Waals surface area (Å²) in [4.78, 5) is 22.4. The van der Waals surface area contributed by atoms with Gasteiger partial charge in [0.2, 0.25) is 11.8 Å². The van der Waals surface area contributed by atoms with E-state index in [1.54, 1.807) is 18.2 Å². The maximum absolute atomic E-state index is 11.4. The Bertz CT molecular complexity index is 444. The zero-order chi connectivity index (χ0) is 14.3. The van der Waals surface area contributed by atoms with E-state index in [0.29, 0.717) is 25.1 Å². The average molecular weight is 263 g/mol. The summed E-state index contributed by atoms with van der Waals surface area (Å²) in [5.74, 6) is -0.397. The molecule has 0 radical (unpaired) electrons. The first-order valence-electron chi connectivity index (χ1n) is 6.38. The molecule has 1 aromatic rings. The van der Waals surface area contributed by atoms with Crippen molar-refractivity contribution in [1.29, 1.82) is 0 Å². The van der Waals surface area contributed by atoms with Crippen LogP contribution in [-0.2, 0) is 11.3 Å². The number of carbonyl (C=O) groups excluding carboxylic acids is 2. The third-order valence-electron chi connectivity index (χ3n) is 2.52. The molecule has 0 unspecified atom stereocenters. The van der Waals surface area contributed by atoms with Gasteiger partial charge in [0.25, 0.3) is 0 Å². The van der Waals surface area contributed by atoms with Crippen molar-refractivity contribution < 1.29 is 9.59 Å². The summed E-state index contributed by atoms with van der Waals surface area (Å²) in [6.45, 7) is 5.07. The first-order chi connectivity index (χ1) is 8.99. The highest BCUT2D eigenvalue weighted by Gasteiger charge is 2.03. The Hall–Kier alpha value is -1.88. The van der Waals surface area contributed by atoms with Crippen LogP contribution in [0.4, 0.5) is 0 Å². The molecule has 0 saturated heterocycles. The normalized spacial score (nSPS) is 10.5. The van der Waals surface area contributed by atoms with Gasteiger partial charge in [0.1, 0.15) is 0 Å². The summed E-state index contributed by atoms with van der Waals surface area (Å²) >= 11 is 0. The zero-order valence-corrected chi connectivity index (χ0v) is 11.4. The first-order valence-corrected chi connectivity index (χ1v) is 6.38. The fraction of sp³-hybridized carbons (Fsp3) is 0.429. The summed E-state index contributed by atoms with van der Waals surface area (Å²) in [6.07, 6.45) is 0.438. The average Bonchev–Trinajstić information content (AvgIpc) is 2.34. The van der Waals surface area contributed by atoms with Crippen molar-refractivity contribution in [3.05, 3.63) is 35.4 Å². The lowest BCUT2D eigenvalue weighted by Gasteiger charge is -2.09. The van der Waals surface area contributed by atoms with Crippen LogP contribution in [0.2, 0.25) is 0 Å². The van der Waals surface area contributed by atoms with Gasteiger partial charge < -0.3 is 16.4 Å². The molecule has 4 N–H and O–H groups in total. The number of amides is 2. The minimum atomic E-state index is -0.432. The van der Waals surface area contributed by atoms with Crippen molar-refractivity contribution in [3.63, 3.8) is 0 Å². The molecule has 0 fully saturated rings. The molecule has 0 aliphatic rings. The fourth-order valence-corrected chi connectivity index (χ4v) is 1.66. The zero-order valence-electron chi connectivity index (χ0n) is 11.4. The SMILES string of the molecule is CC(C)NC(=O)CCNCc1cccc(C(N)=O)c1. The molecule has 0 aliphatic carbocycles. The maximum Gasteiger partial charge on any atom is 0.248 e. The number of benzene rings is 1. The predicted octanol–water partition coefficient (Wildman–Crippen LogP) is 0.790. The molecular formula is C14H21N3O2. The van der Waals surface area contributed by atoms with E-state index in [0.717, 1.165) is 5.56 Å². The number of nitrogens with one attached hydrogen (secondary N) is 2. The van der Waals surface area contributed by atoms with Crippen LogP contribution >= 0.6 is 0 Å². The lowest BCUT2D eigenvalue weighted by molar-refractivity contribution is -0.121. The van der Waals surface area contributed by atoms with Gasteiger partial charge in [0, 0.05) is 31.1 Å². The molecule has 0 heterocycles. The van der Waals surface area contributed by atoms with Crippen LogP contribution in [0.1, 0.15) is 36.2 Å². The van der Waals surface area contributed by atoms with Gasteiger partial charge in [-0.15, -0.1) is 0 Å². The van der Waals surface area contributed by atoms with Gasteiger partial charge in [0.15, 0.2) is 0 Å². The highest BCUT2D eigenvalue weighted by molar-refractivity contribution is 5.92. The molecule has 19 heavy (non-hydrogen) atoms. The fourth-order valence-electron chi connectivity index (χ4n) is 1.66. The second-order valence-electron chi connectivity index (χ2n) is 4.71. The molecule has 0 bridgehead atoms. The Labute approximate surface area is 113 Å². The quantitative estimate of drug-likeness (QED) is 0.636. The first kappa shape index (κ1) is 15.2. The Kier molecular flexibility index (Phi) is 6.02. The van der Waals surface area contributed by atoms with Crippen molar-refractivity contribution in [1.82, 2.24) is 10.6 Å². The van der Waals surface area contributed by atoms with E-state index in [-0.39, 0.29) is 11.9 Å². The lowest BCUT2D eigenvalue weighted by Crippen LogP contribution is -2.32.